The Hall–Kier alpha value is -1.60. The van der Waals surface area contributed by atoms with Gasteiger partial charge < -0.3 is 15.2 Å². The van der Waals surface area contributed by atoms with E-state index >= 15 is 0 Å². The van der Waals surface area contributed by atoms with E-state index in [1.54, 1.807) is 0 Å². The Bertz CT molecular complexity index is 417. The van der Waals surface area contributed by atoms with Gasteiger partial charge >= 0.3 is 0 Å². The van der Waals surface area contributed by atoms with Crippen molar-refractivity contribution in [1.29, 1.82) is 0 Å². The number of hydrogen-bond donors (Lipinski definition) is 2. The first kappa shape index (κ1) is 15.5. The van der Waals surface area contributed by atoms with Gasteiger partial charge in [-0.3, -0.25) is 4.79 Å². The van der Waals surface area contributed by atoms with Crippen LogP contribution in [-0.2, 0) is 4.74 Å². The molecule has 1 aromatic carbocycles. The van der Waals surface area contributed by atoms with Crippen LogP contribution in [0.3, 0.4) is 0 Å². The predicted molar refractivity (Wildman–Crippen MR) is 61.2 cm³/mol. The van der Waals surface area contributed by atoms with E-state index in [0.29, 0.717) is 25.2 Å². The summed E-state index contributed by atoms with van der Waals surface area (Å²) in [7, 11) is 0. The third kappa shape index (κ3) is 4.88. The molecule has 0 fully saturated rings. The standard InChI is InChI=1S/C12H14F3NO3/c13-9-6-8(7-10(14)11(9)15)12(18)16-2-1-4-19-5-3-17/h6-7,17H,1-5H2,(H,16,18). The van der Waals surface area contributed by atoms with Gasteiger partial charge in [-0.05, 0) is 18.6 Å². The summed E-state index contributed by atoms with van der Waals surface area (Å²) in [5.41, 5.74) is -0.285. The van der Waals surface area contributed by atoms with E-state index in [9.17, 15) is 18.0 Å². The van der Waals surface area contributed by atoms with E-state index in [1.165, 1.54) is 0 Å². The molecule has 0 spiro atoms. The van der Waals surface area contributed by atoms with E-state index in [2.05, 4.69) is 5.32 Å². The third-order valence-corrected chi connectivity index (χ3v) is 2.23. The van der Waals surface area contributed by atoms with Crippen molar-refractivity contribution >= 4 is 5.91 Å². The number of benzene rings is 1. The number of rotatable bonds is 7. The zero-order valence-corrected chi connectivity index (χ0v) is 10.1. The molecule has 0 aromatic heterocycles. The van der Waals surface area contributed by atoms with Crippen molar-refractivity contribution in [2.24, 2.45) is 0 Å². The van der Waals surface area contributed by atoms with Crippen LogP contribution < -0.4 is 5.32 Å². The Morgan fingerprint density at radius 3 is 2.42 bits per heavy atom. The maximum Gasteiger partial charge on any atom is 0.251 e. The highest BCUT2D eigenvalue weighted by Gasteiger charge is 2.14. The Balaban J connectivity index is 2.42. The van der Waals surface area contributed by atoms with Gasteiger partial charge in [0.25, 0.3) is 5.91 Å². The summed E-state index contributed by atoms with van der Waals surface area (Å²) in [5.74, 6) is -5.11. The summed E-state index contributed by atoms with van der Waals surface area (Å²) >= 11 is 0. The average Bonchev–Trinajstić information content (AvgIpc) is 2.39. The molecule has 0 atom stereocenters. The number of aliphatic hydroxyl groups excluding tert-OH is 1. The lowest BCUT2D eigenvalue weighted by molar-refractivity contribution is 0.0867. The number of amides is 1. The van der Waals surface area contributed by atoms with E-state index < -0.39 is 23.4 Å². The van der Waals surface area contributed by atoms with Crippen LogP contribution in [0.25, 0.3) is 0 Å². The molecule has 0 aliphatic heterocycles. The minimum Gasteiger partial charge on any atom is -0.394 e. The van der Waals surface area contributed by atoms with Crippen molar-refractivity contribution in [1.82, 2.24) is 5.32 Å². The van der Waals surface area contributed by atoms with Gasteiger partial charge in [0.2, 0.25) is 0 Å². The van der Waals surface area contributed by atoms with Crippen LogP contribution in [0.1, 0.15) is 16.8 Å². The van der Waals surface area contributed by atoms with Gasteiger partial charge in [0.05, 0.1) is 13.2 Å². The van der Waals surface area contributed by atoms with Crippen LogP contribution in [0, 0.1) is 17.5 Å². The maximum atomic E-state index is 12.9. The van der Waals surface area contributed by atoms with E-state index in [-0.39, 0.29) is 25.3 Å². The topological polar surface area (TPSA) is 58.6 Å². The van der Waals surface area contributed by atoms with Gasteiger partial charge in [-0.25, -0.2) is 13.2 Å². The van der Waals surface area contributed by atoms with Crippen molar-refractivity contribution in [2.75, 3.05) is 26.4 Å². The molecule has 4 nitrogen and oxygen atoms in total. The molecule has 0 aliphatic rings. The van der Waals surface area contributed by atoms with Crippen LogP contribution in [-0.4, -0.2) is 37.4 Å². The van der Waals surface area contributed by atoms with Gasteiger partial charge in [-0.15, -0.1) is 0 Å². The van der Waals surface area contributed by atoms with Gasteiger partial charge in [0, 0.05) is 18.7 Å². The summed E-state index contributed by atoms with van der Waals surface area (Å²) in [5, 5.41) is 10.9. The molecule has 0 saturated carbocycles. The largest absolute Gasteiger partial charge is 0.394 e. The number of carbonyl (C=O) groups is 1. The quantitative estimate of drug-likeness (QED) is 0.582. The first-order chi connectivity index (χ1) is 9.06. The molecule has 106 valence electrons. The number of halogens is 3. The van der Waals surface area contributed by atoms with Crippen molar-refractivity contribution in [3.63, 3.8) is 0 Å². The SMILES string of the molecule is O=C(NCCCOCCO)c1cc(F)c(F)c(F)c1. The lowest BCUT2D eigenvalue weighted by atomic mass is 10.2. The summed E-state index contributed by atoms with van der Waals surface area (Å²) < 4.78 is 43.4. The van der Waals surface area contributed by atoms with Gasteiger partial charge in [-0.2, -0.15) is 0 Å². The molecule has 1 aromatic rings. The van der Waals surface area contributed by atoms with Crippen molar-refractivity contribution in [3.05, 3.63) is 35.1 Å². The molecule has 1 rings (SSSR count). The van der Waals surface area contributed by atoms with Crippen LogP contribution in [0.15, 0.2) is 12.1 Å². The lowest BCUT2D eigenvalue weighted by Gasteiger charge is -2.06. The molecule has 7 heteroatoms. The fourth-order valence-corrected chi connectivity index (χ4v) is 1.33. The summed E-state index contributed by atoms with van der Waals surface area (Å²) in [6.45, 7) is 0.709. The highest BCUT2D eigenvalue weighted by molar-refractivity contribution is 5.94. The Kier molecular flexibility index (Phi) is 6.31. The van der Waals surface area contributed by atoms with E-state index in [0.717, 1.165) is 0 Å². The number of carbonyl (C=O) groups excluding carboxylic acids is 1. The Labute approximate surface area is 108 Å². The number of aliphatic hydroxyl groups is 1. The highest BCUT2D eigenvalue weighted by atomic mass is 19.2. The van der Waals surface area contributed by atoms with Gasteiger partial charge in [0.15, 0.2) is 17.5 Å². The number of hydrogen-bond acceptors (Lipinski definition) is 3. The first-order valence-corrected chi connectivity index (χ1v) is 5.67. The molecule has 19 heavy (non-hydrogen) atoms. The zero-order valence-electron chi connectivity index (χ0n) is 10.1. The van der Waals surface area contributed by atoms with Gasteiger partial charge in [-0.1, -0.05) is 0 Å². The fourth-order valence-electron chi connectivity index (χ4n) is 1.33. The maximum absolute atomic E-state index is 12.9. The molecule has 0 bridgehead atoms. The smallest absolute Gasteiger partial charge is 0.251 e. The van der Waals surface area contributed by atoms with Gasteiger partial charge in [0.1, 0.15) is 0 Å². The average molecular weight is 277 g/mol. The number of nitrogens with one attached hydrogen (secondary N) is 1. The molecule has 2 N–H and O–H groups in total. The minimum absolute atomic E-state index is 0.0828. The van der Waals surface area contributed by atoms with Crippen molar-refractivity contribution < 1.29 is 27.8 Å². The molecule has 0 heterocycles. The van der Waals surface area contributed by atoms with Crippen LogP contribution in [0.4, 0.5) is 13.2 Å². The molecule has 0 radical (unpaired) electrons. The summed E-state index contributed by atoms with van der Waals surface area (Å²) in [6.07, 6.45) is 0.484. The Morgan fingerprint density at radius 1 is 1.21 bits per heavy atom. The molecular weight excluding hydrogens is 263 g/mol. The van der Waals surface area contributed by atoms with E-state index in [4.69, 9.17) is 9.84 Å². The monoisotopic (exact) mass is 277 g/mol. The van der Waals surface area contributed by atoms with Crippen LogP contribution >= 0.6 is 0 Å². The third-order valence-electron chi connectivity index (χ3n) is 2.23. The first-order valence-electron chi connectivity index (χ1n) is 5.67. The normalized spacial score (nSPS) is 10.5. The summed E-state index contributed by atoms with van der Waals surface area (Å²) in [6, 6.07) is 1.27. The molecule has 1 amide bonds. The van der Waals surface area contributed by atoms with Crippen LogP contribution in [0.5, 0.6) is 0 Å². The minimum atomic E-state index is -1.60. The Morgan fingerprint density at radius 2 is 1.84 bits per heavy atom. The second kappa shape index (κ2) is 7.75. The molecular formula is C12H14F3NO3. The fraction of sp³-hybridized carbons (Fsp3) is 0.417. The molecule has 0 aliphatic carbocycles. The summed E-state index contributed by atoms with van der Waals surface area (Å²) in [4.78, 5) is 11.5. The molecule has 0 saturated heterocycles. The predicted octanol–water partition coefficient (Wildman–Crippen LogP) is 1.23. The lowest BCUT2D eigenvalue weighted by Crippen LogP contribution is -2.25. The van der Waals surface area contributed by atoms with Crippen molar-refractivity contribution in [3.8, 4) is 0 Å². The van der Waals surface area contributed by atoms with Crippen molar-refractivity contribution in [2.45, 2.75) is 6.42 Å². The van der Waals surface area contributed by atoms with Crippen LogP contribution in [0.2, 0.25) is 0 Å². The molecule has 0 unspecified atom stereocenters. The highest BCUT2D eigenvalue weighted by Crippen LogP contribution is 2.13. The second-order valence-corrected chi connectivity index (χ2v) is 3.70. The number of ether oxygens (including phenoxy) is 1. The zero-order chi connectivity index (χ0) is 14.3. The van der Waals surface area contributed by atoms with E-state index in [1.807, 2.05) is 0 Å². The second-order valence-electron chi connectivity index (χ2n) is 3.70.